The second-order valence-corrected chi connectivity index (χ2v) is 5.18. The van der Waals surface area contributed by atoms with Crippen LogP contribution in [0.1, 0.15) is 34.6 Å². The highest BCUT2D eigenvalue weighted by atomic mass is 79.9. The molecule has 2 aromatic heterocycles. The predicted octanol–water partition coefficient (Wildman–Crippen LogP) is 2.38. The summed E-state index contributed by atoms with van der Waals surface area (Å²) >= 11 is 3.25. The summed E-state index contributed by atoms with van der Waals surface area (Å²) in [6.07, 6.45) is 3.38. The van der Waals surface area contributed by atoms with Gasteiger partial charge >= 0.3 is 0 Å². The number of halogens is 1. The fourth-order valence-corrected chi connectivity index (χ4v) is 2.21. The number of aryl methyl sites for hydroxylation is 1. The second-order valence-electron chi connectivity index (χ2n) is 4.37. The summed E-state index contributed by atoms with van der Waals surface area (Å²) in [5.74, 6) is -0.126. The largest absolute Gasteiger partial charge is 0.345 e. The number of nitrogens with one attached hydrogen (secondary N) is 1. The molecule has 1 atom stereocenters. The summed E-state index contributed by atoms with van der Waals surface area (Å²) in [6.45, 7) is 3.92. The Bertz CT molecular complexity index is 608. The molecule has 0 aliphatic carbocycles. The molecule has 0 saturated heterocycles. The van der Waals surface area contributed by atoms with Crippen LogP contribution in [0.4, 0.5) is 0 Å². The molecule has 6 heteroatoms. The Hall–Kier alpha value is -1.69. The Kier molecular flexibility index (Phi) is 3.99. The number of carbonyl (C=O) groups excluding carboxylic acids is 1. The van der Waals surface area contributed by atoms with Crippen LogP contribution in [0.15, 0.2) is 29.1 Å². The van der Waals surface area contributed by atoms with Gasteiger partial charge in [0, 0.05) is 30.1 Å². The van der Waals surface area contributed by atoms with Crippen LogP contribution in [-0.4, -0.2) is 20.7 Å². The van der Waals surface area contributed by atoms with Crippen molar-refractivity contribution in [2.45, 2.75) is 19.9 Å². The quantitative estimate of drug-likeness (QED) is 0.882. The lowest BCUT2D eigenvalue weighted by Crippen LogP contribution is -2.27. The molecule has 2 rings (SSSR count). The SMILES string of the molecule is Cc1c(C(C)NC(=O)c2ccnc(Br)c2)cnn1C. The lowest BCUT2D eigenvalue weighted by atomic mass is 10.1. The standard InChI is InChI=1S/C13H15BrN4O/c1-8(11-7-16-18(3)9(11)2)17-13(19)10-4-5-15-12(14)6-10/h4-8H,1-3H3,(H,17,19). The molecule has 0 aliphatic heterocycles. The van der Waals surface area contributed by atoms with E-state index in [1.165, 1.54) is 0 Å². The third-order valence-corrected chi connectivity index (χ3v) is 3.51. The summed E-state index contributed by atoms with van der Waals surface area (Å²) in [7, 11) is 1.88. The average molecular weight is 323 g/mol. The van der Waals surface area contributed by atoms with E-state index >= 15 is 0 Å². The van der Waals surface area contributed by atoms with Gasteiger partial charge in [-0.15, -0.1) is 0 Å². The minimum absolute atomic E-state index is 0.0897. The fraction of sp³-hybridized carbons (Fsp3) is 0.308. The van der Waals surface area contributed by atoms with Crippen molar-refractivity contribution in [1.82, 2.24) is 20.1 Å². The fourth-order valence-electron chi connectivity index (χ4n) is 1.84. The minimum Gasteiger partial charge on any atom is -0.345 e. The first-order chi connectivity index (χ1) is 8.99. The molecular formula is C13H15BrN4O. The topological polar surface area (TPSA) is 59.8 Å². The number of pyridine rings is 1. The van der Waals surface area contributed by atoms with Crippen LogP contribution in [0.3, 0.4) is 0 Å². The highest BCUT2D eigenvalue weighted by molar-refractivity contribution is 9.10. The number of carbonyl (C=O) groups is 1. The zero-order valence-electron chi connectivity index (χ0n) is 11.0. The van der Waals surface area contributed by atoms with Crippen LogP contribution >= 0.6 is 15.9 Å². The number of rotatable bonds is 3. The van der Waals surface area contributed by atoms with Gasteiger partial charge in [0.05, 0.1) is 12.2 Å². The van der Waals surface area contributed by atoms with Crippen molar-refractivity contribution in [3.8, 4) is 0 Å². The molecule has 1 N–H and O–H groups in total. The van der Waals surface area contributed by atoms with Crippen LogP contribution < -0.4 is 5.32 Å². The molecule has 0 radical (unpaired) electrons. The third kappa shape index (κ3) is 3.01. The van der Waals surface area contributed by atoms with Crippen LogP contribution in [0.2, 0.25) is 0 Å². The van der Waals surface area contributed by atoms with Crippen molar-refractivity contribution in [3.63, 3.8) is 0 Å². The molecule has 1 amide bonds. The van der Waals surface area contributed by atoms with Crippen LogP contribution in [-0.2, 0) is 7.05 Å². The van der Waals surface area contributed by atoms with E-state index in [2.05, 4.69) is 31.3 Å². The first kappa shape index (κ1) is 13.7. The molecule has 2 heterocycles. The highest BCUT2D eigenvalue weighted by Gasteiger charge is 2.15. The van der Waals surface area contributed by atoms with E-state index in [1.807, 2.05) is 20.9 Å². The zero-order chi connectivity index (χ0) is 14.0. The van der Waals surface area contributed by atoms with Crippen molar-refractivity contribution in [2.75, 3.05) is 0 Å². The molecule has 0 aliphatic rings. The summed E-state index contributed by atoms with van der Waals surface area (Å²) in [5.41, 5.74) is 2.64. The number of nitrogens with zero attached hydrogens (tertiary/aromatic N) is 3. The van der Waals surface area contributed by atoms with E-state index in [0.29, 0.717) is 10.2 Å². The van der Waals surface area contributed by atoms with Gasteiger partial charge in [-0.2, -0.15) is 5.10 Å². The van der Waals surface area contributed by atoms with Gasteiger partial charge < -0.3 is 5.32 Å². The second kappa shape index (κ2) is 5.52. The maximum atomic E-state index is 12.1. The Morgan fingerprint density at radius 1 is 1.53 bits per heavy atom. The first-order valence-corrected chi connectivity index (χ1v) is 6.69. The summed E-state index contributed by atoms with van der Waals surface area (Å²) in [6, 6.07) is 3.29. The minimum atomic E-state index is -0.126. The molecule has 100 valence electrons. The molecule has 0 aromatic carbocycles. The van der Waals surface area contributed by atoms with Gasteiger partial charge in [0.1, 0.15) is 4.60 Å². The smallest absolute Gasteiger partial charge is 0.251 e. The van der Waals surface area contributed by atoms with E-state index in [9.17, 15) is 4.79 Å². The van der Waals surface area contributed by atoms with Crippen LogP contribution in [0, 0.1) is 6.92 Å². The maximum absolute atomic E-state index is 12.1. The molecule has 2 aromatic rings. The molecule has 0 saturated carbocycles. The van der Waals surface area contributed by atoms with Gasteiger partial charge in [0.2, 0.25) is 0 Å². The molecule has 1 unspecified atom stereocenters. The lowest BCUT2D eigenvalue weighted by molar-refractivity contribution is 0.0939. The Morgan fingerprint density at radius 3 is 2.84 bits per heavy atom. The molecule has 19 heavy (non-hydrogen) atoms. The Morgan fingerprint density at radius 2 is 2.26 bits per heavy atom. The predicted molar refractivity (Wildman–Crippen MR) is 75.8 cm³/mol. The van der Waals surface area contributed by atoms with Gasteiger partial charge in [0.25, 0.3) is 5.91 Å². The van der Waals surface area contributed by atoms with E-state index in [1.54, 1.807) is 29.2 Å². The Labute approximate surface area is 120 Å². The van der Waals surface area contributed by atoms with Crippen molar-refractivity contribution in [3.05, 3.63) is 46.0 Å². The highest BCUT2D eigenvalue weighted by Crippen LogP contribution is 2.17. The maximum Gasteiger partial charge on any atom is 0.251 e. The van der Waals surface area contributed by atoms with E-state index in [4.69, 9.17) is 0 Å². The van der Waals surface area contributed by atoms with Crippen LogP contribution in [0.25, 0.3) is 0 Å². The Balaban J connectivity index is 2.13. The monoisotopic (exact) mass is 322 g/mol. The van der Waals surface area contributed by atoms with E-state index < -0.39 is 0 Å². The normalized spacial score (nSPS) is 12.2. The summed E-state index contributed by atoms with van der Waals surface area (Å²) < 4.78 is 2.44. The summed E-state index contributed by atoms with van der Waals surface area (Å²) in [4.78, 5) is 16.1. The van der Waals surface area contributed by atoms with Gasteiger partial charge in [-0.1, -0.05) is 0 Å². The zero-order valence-corrected chi connectivity index (χ0v) is 12.6. The first-order valence-electron chi connectivity index (χ1n) is 5.90. The number of aromatic nitrogens is 3. The molecule has 0 bridgehead atoms. The van der Waals surface area contributed by atoms with Crippen molar-refractivity contribution in [2.24, 2.45) is 7.05 Å². The van der Waals surface area contributed by atoms with Crippen molar-refractivity contribution < 1.29 is 4.79 Å². The number of amides is 1. The summed E-state index contributed by atoms with van der Waals surface area (Å²) in [5, 5.41) is 7.13. The van der Waals surface area contributed by atoms with Gasteiger partial charge in [-0.3, -0.25) is 9.48 Å². The van der Waals surface area contributed by atoms with Gasteiger partial charge in [-0.25, -0.2) is 4.98 Å². The molecule has 0 spiro atoms. The number of hydrogen-bond acceptors (Lipinski definition) is 3. The molecular weight excluding hydrogens is 308 g/mol. The lowest BCUT2D eigenvalue weighted by Gasteiger charge is -2.13. The van der Waals surface area contributed by atoms with Crippen molar-refractivity contribution in [1.29, 1.82) is 0 Å². The van der Waals surface area contributed by atoms with Crippen molar-refractivity contribution >= 4 is 21.8 Å². The molecule has 0 fully saturated rings. The van der Waals surface area contributed by atoms with Crippen LogP contribution in [0.5, 0.6) is 0 Å². The molecule has 5 nitrogen and oxygen atoms in total. The van der Waals surface area contributed by atoms with E-state index in [-0.39, 0.29) is 11.9 Å². The average Bonchev–Trinajstić information content (AvgIpc) is 2.70. The van der Waals surface area contributed by atoms with E-state index in [0.717, 1.165) is 11.3 Å². The van der Waals surface area contributed by atoms with Gasteiger partial charge in [-0.05, 0) is 41.9 Å². The third-order valence-electron chi connectivity index (χ3n) is 3.08. The number of hydrogen-bond donors (Lipinski definition) is 1. The van der Waals surface area contributed by atoms with Gasteiger partial charge in [0.15, 0.2) is 0 Å².